The number of aromatic nitrogens is 6. The van der Waals surface area contributed by atoms with Gasteiger partial charge in [-0.2, -0.15) is 18.4 Å². The third-order valence-electron chi connectivity index (χ3n) is 6.39. The van der Waals surface area contributed by atoms with Gasteiger partial charge in [-0.25, -0.2) is 4.79 Å². The molecule has 7 nitrogen and oxygen atoms in total. The Bertz CT molecular complexity index is 1570. The van der Waals surface area contributed by atoms with Gasteiger partial charge >= 0.3 is 11.9 Å². The Morgan fingerprint density at radius 1 is 0.816 bits per heavy atom. The van der Waals surface area contributed by atoms with E-state index in [0.29, 0.717) is 17.8 Å². The van der Waals surface area contributed by atoms with Crippen LogP contribution in [0.5, 0.6) is 0 Å². The summed E-state index contributed by atoms with van der Waals surface area (Å²) in [7, 11) is 0. The molecule has 1 N–H and O–H groups in total. The van der Waals surface area contributed by atoms with E-state index in [1.807, 2.05) is 48.5 Å². The summed E-state index contributed by atoms with van der Waals surface area (Å²) in [4.78, 5) is 13.4. The summed E-state index contributed by atoms with van der Waals surface area (Å²) in [6.07, 6.45) is -4.04. The monoisotopic (exact) mass is 518 g/mol. The zero-order valence-corrected chi connectivity index (χ0v) is 20.6. The van der Waals surface area contributed by atoms with Crippen LogP contribution in [0.4, 0.5) is 13.2 Å². The second-order valence-electron chi connectivity index (χ2n) is 8.96. The molecular weight excluding hydrogens is 493 g/mol. The molecule has 5 rings (SSSR count). The normalized spacial score (nSPS) is 11.7. The lowest BCUT2D eigenvalue weighted by Gasteiger charge is -2.13. The molecule has 0 aliphatic carbocycles. The van der Waals surface area contributed by atoms with E-state index in [0.717, 1.165) is 26.8 Å². The fourth-order valence-corrected chi connectivity index (χ4v) is 4.70. The topological polar surface area (TPSA) is 81.4 Å². The standard InChI is InChI=1S/C28H25F3N6O/c1-2-8-24-25(28(29,30)31)37(18-19-9-4-3-5-10-19)27(38)36(24)17-20-13-15-21(16-14-20)22-11-6-7-12-23(22)26-32-34-35-33-26/h3-7,9-16H,2,8,17-18H2,1H3,(H,32,33,34,35). The Labute approximate surface area is 216 Å². The van der Waals surface area contributed by atoms with Crippen molar-refractivity contribution in [3.63, 3.8) is 0 Å². The van der Waals surface area contributed by atoms with E-state index >= 15 is 0 Å². The molecule has 0 aliphatic rings. The maximum Gasteiger partial charge on any atom is 0.433 e. The minimum Gasteiger partial charge on any atom is -0.291 e. The van der Waals surface area contributed by atoms with E-state index in [4.69, 9.17) is 0 Å². The molecule has 0 spiro atoms. The van der Waals surface area contributed by atoms with Crippen LogP contribution in [0, 0.1) is 0 Å². The maximum absolute atomic E-state index is 14.3. The van der Waals surface area contributed by atoms with E-state index in [2.05, 4.69) is 20.6 Å². The van der Waals surface area contributed by atoms with Crippen molar-refractivity contribution in [2.75, 3.05) is 0 Å². The second-order valence-corrected chi connectivity index (χ2v) is 8.96. The molecule has 0 aliphatic heterocycles. The van der Waals surface area contributed by atoms with Crippen molar-refractivity contribution in [1.82, 2.24) is 29.8 Å². The van der Waals surface area contributed by atoms with Crippen LogP contribution in [0.25, 0.3) is 22.5 Å². The first-order valence-electron chi connectivity index (χ1n) is 12.2. The van der Waals surface area contributed by atoms with Gasteiger partial charge in [-0.15, -0.1) is 10.2 Å². The average Bonchev–Trinajstić information content (AvgIpc) is 3.54. The quantitative estimate of drug-likeness (QED) is 0.291. The zero-order valence-electron chi connectivity index (χ0n) is 20.6. The van der Waals surface area contributed by atoms with E-state index in [1.54, 1.807) is 37.3 Å². The number of tetrazole rings is 1. The summed E-state index contributed by atoms with van der Waals surface area (Å²) >= 11 is 0. The van der Waals surface area contributed by atoms with Gasteiger partial charge in [0.25, 0.3) is 0 Å². The van der Waals surface area contributed by atoms with Crippen LogP contribution < -0.4 is 5.69 Å². The Kier molecular flexibility index (Phi) is 6.95. The van der Waals surface area contributed by atoms with Crippen molar-refractivity contribution in [1.29, 1.82) is 0 Å². The summed E-state index contributed by atoms with van der Waals surface area (Å²) in [5.74, 6) is 0.458. The number of rotatable bonds is 8. The summed E-state index contributed by atoms with van der Waals surface area (Å²) in [5.41, 5.74) is 2.37. The maximum atomic E-state index is 14.3. The van der Waals surface area contributed by atoms with Crippen LogP contribution >= 0.6 is 0 Å². The Morgan fingerprint density at radius 3 is 2.08 bits per heavy atom. The lowest BCUT2D eigenvalue weighted by molar-refractivity contribution is -0.144. The van der Waals surface area contributed by atoms with Crippen molar-refractivity contribution < 1.29 is 13.2 Å². The van der Waals surface area contributed by atoms with Gasteiger partial charge in [-0.05, 0) is 33.9 Å². The second kappa shape index (κ2) is 10.5. The van der Waals surface area contributed by atoms with Crippen LogP contribution in [-0.4, -0.2) is 29.8 Å². The molecule has 0 amide bonds. The van der Waals surface area contributed by atoms with E-state index in [1.165, 1.54) is 4.57 Å². The van der Waals surface area contributed by atoms with Crippen molar-refractivity contribution in [2.45, 2.75) is 39.0 Å². The minimum absolute atomic E-state index is 0.00691. The molecule has 3 aromatic carbocycles. The molecular formula is C28H25F3N6O. The molecule has 0 unspecified atom stereocenters. The molecule has 0 saturated heterocycles. The number of imidazole rings is 1. The van der Waals surface area contributed by atoms with E-state index in [-0.39, 0.29) is 25.2 Å². The lowest BCUT2D eigenvalue weighted by Crippen LogP contribution is -2.27. The van der Waals surface area contributed by atoms with Crippen molar-refractivity contribution in [3.05, 3.63) is 112 Å². The molecule has 10 heteroatoms. The average molecular weight is 519 g/mol. The molecule has 0 bridgehead atoms. The van der Waals surface area contributed by atoms with Crippen LogP contribution in [0.2, 0.25) is 0 Å². The number of nitrogens with zero attached hydrogens (tertiary/aromatic N) is 5. The minimum atomic E-state index is -4.66. The smallest absolute Gasteiger partial charge is 0.291 e. The molecule has 38 heavy (non-hydrogen) atoms. The molecule has 2 heterocycles. The van der Waals surface area contributed by atoms with Crippen LogP contribution in [0.1, 0.15) is 35.9 Å². The van der Waals surface area contributed by atoms with Gasteiger partial charge < -0.3 is 0 Å². The lowest BCUT2D eigenvalue weighted by atomic mass is 9.98. The van der Waals surface area contributed by atoms with Gasteiger partial charge in [0, 0.05) is 5.56 Å². The van der Waals surface area contributed by atoms with Crippen LogP contribution in [0.3, 0.4) is 0 Å². The van der Waals surface area contributed by atoms with Crippen molar-refractivity contribution >= 4 is 0 Å². The zero-order chi connectivity index (χ0) is 26.7. The number of aromatic amines is 1. The van der Waals surface area contributed by atoms with Gasteiger partial charge in [-0.1, -0.05) is 92.2 Å². The highest BCUT2D eigenvalue weighted by atomic mass is 19.4. The highest BCUT2D eigenvalue weighted by molar-refractivity contribution is 5.80. The fraction of sp³-hybridized carbons (Fsp3) is 0.214. The largest absolute Gasteiger partial charge is 0.433 e. The molecule has 5 aromatic rings. The number of alkyl halides is 3. The molecule has 0 fully saturated rings. The van der Waals surface area contributed by atoms with Crippen LogP contribution in [0.15, 0.2) is 83.7 Å². The highest BCUT2D eigenvalue weighted by Gasteiger charge is 2.40. The molecule has 194 valence electrons. The number of benzene rings is 3. The van der Waals surface area contributed by atoms with Gasteiger partial charge in [0.1, 0.15) is 5.69 Å². The van der Waals surface area contributed by atoms with Gasteiger partial charge in [-0.3, -0.25) is 9.13 Å². The summed E-state index contributed by atoms with van der Waals surface area (Å²) in [6.45, 7) is 1.69. The summed E-state index contributed by atoms with van der Waals surface area (Å²) in [5, 5.41) is 14.2. The van der Waals surface area contributed by atoms with Gasteiger partial charge in [0.2, 0.25) is 5.82 Å². The van der Waals surface area contributed by atoms with Crippen molar-refractivity contribution in [3.8, 4) is 22.5 Å². The van der Waals surface area contributed by atoms with E-state index in [9.17, 15) is 18.0 Å². The third-order valence-corrected chi connectivity index (χ3v) is 6.39. The third kappa shape index (κ3) is 5.02. The first kappa shape index (κ1) is 25.2. The summed E-state index contributed by atoms with van der Waals surface area (Å²) < 4.78 is 44.9. The Morgan fingerprint density at radius 2 is 1.45 bits per heavy atom. The SMILES string of the molecule is CCCc1c(C(F)(F)F)n(Cc2ccccc2)c(=O)n1Cc1ccc(-c2ccccc2-c2nn[nH]n2)cc1. The number of hydrogen-bond donors (Lipinski definition) is 1. The molecule has 0 saturated carbocycles. The molecule has 0 atom stereocenters. The number of nitrogens with one attached hydrogen (secondary N) is 1. The molecule has 0 radical (unpaired) electrons. The first-order valence-corrected chi connectivity index (χ1v) is 12.2. The van der Waals surface area contributed by atoms with Gasteiger partial charge in [0.15, 0.2) is 0 Å². The fourth-order valence-electron chi connectivity index (χ4n) is 4.70. The number of halogens is 3. The van der Waals surface area contributed by atoms with Crippen molar-refractivity contribution in [2.24, 2.45) is 0 Å². The predicted octanol–water partition coefficient (Wildman–Crippen LogP) is 5.56. The number of H-pyrrole nitrogens is 1. The first-order chi connectivity index (χ1) is 18.4. The Balaban J connectivity index is 1.52. The summed E-state index contributed by atoms with van der Waals surface area (Å²) in [6, 6.07) is 23.7. The van der Waals surface area contributed by atoms with Gasteiger partial charge in [0.05, 0.1) is 18.8 Å². The predicted molar refractivity (Wildman–Crippen MR) is 137 cm³/mol. The molecule has 2 aromatic heterocycles. The Hall–Kier alpha value is -4.47. The number of hydrogen-bond acceptors (Lipinski definition) is 4. The van der Waals surface area contributed by atoms with Crippen LogP contribution in [-0.2, 0) is 25.7 Å². The van der Waals surface area contributed by atoms with E-state index < -0.39 is 17.6 Å². The highest BCUT2D eigenvalue weighted by Crippen LogP contribution is 2.34.